The summed E-state index contributed by atoms with van der Waals surface area (Å²) in [5.74, 6) is 1.14. The molecule has 0 aliphatic rings. The van der Waals surface area contributed by atoms with Gasteiger partial charge in [0.2, 0.25) is 5.88 Å². The first-order chi connectivity index (χ1) is 9.06. The number of ether oxygens (including phenoxy) is 1. The average molecular weight is 297 g/mol. The van der Waals surface area contributed by atoms with Gasteiger partial charge in [-0.2, -0.15) is 0 Å². The van der Waals surface area contributed by atoms with Gasteiger partial charge in [0.05, 0.1) is 10.0 Å². The van der Waals surface area contributed by atoms with Gasteiger partial charge in [-0.3, -0.25) is 0 Å². The van der Waals surface area contributed by atoms with E-state index >= 15 is 0 Å². The first kappa shape index (κ1) is 14.1. The Morgan fingerprint density at radius 3 is 2.74 bits per heavy atom. The lowest BCUT2D eigenvalue weighted by atomic mass is 10.1. The number of pyridine rings is 1. The molecule has 0 saturated heterocycles. The summed E-state index contributed by atoms with van der Waals surface area (Å²) in [6.07, 6.45) is 2.38. The monoisotopic (exact) mass is 296 g/mol. The minimum Gasteiger partial charge on any atom is -0.439 e. The maximum Gasteiger partial charge on any atom is 0.222 e. The van der Waals surface area contributed by atoms with Crippen molar-refractivity contribution in [1.29, 1.82) is 0 Å². The van der Waals surface area contributed by atoms with Gasteiger partial charge >= 0.3 is 0 Å². The van der Waals surface area contributed by atoms with Crippen molar-refractivity contribution in [1.82, 2.24) is 4.98 Å². The normalized spacial score (nSPS) is 12.2. The summed E-state index contributed by atoms with van der Waals surface area (Å²) in [6, 6.07) is 8.95. The van der Waals surface area contributed by atoms with Gasteiger partial charge < -0.3 is 10.5 Å². The number of hydrogen-bond acceptors (Lipinski definition) is 3. The molecule has 0 bridgehead atoms. The molecule has 0 aliphatic carbocycles. The molecule has 1 aromatic heterocycles. The molecule has 0 fully saturated rings. The molecule has 0 radical (unpaired) electrons. The molecular formula is C14H14Cl2N2O. The Kier molecular flexibility index (Phi) is 4.64. The Balaban J connectivity index is 2.25. The van der Waals surface area contributed by atoms with E-state index in [1.54, 1.807) is 24.4 Å². The molecule has 1 unspecified atom stereocenters. The van der Waals surface area contributed by atoms with Crippen LogP contribution in [0.15, 0.2) is 36.5 Å². The smallest absolute Gasteiger partial charge is 0.222 e. The summed E-state index contributed by atoms with van der Waals surface area (Å²) in [5, 5.41) is 0.940. The van der Waals surface area contributed by atoms with Gasteiger partial charge in [0, 0.05) is 23.9 Å². The zero-order valence-corrected chi connectivity index (χ0v) is 11.9. The number of rotatable bonds is 4. The van der Waals surface area contributed by atoms with E-state index in [1.807, 2.05) is 19.1 Å². The Labute approximate surface area is 122 Å². The minimum atomic E-state index is 0.0420. The van der Waals surface area contributed by atoms with Crippen LogP contribution in [0.3, 0.4) is 0 Å². The third kappa shape index (κ3) is 3.83. The lowest BCUT2D eigenvalue weighted by molar-refractivity contribution is 0.454. The summed E-state index contributed by atoms with van der Waals surface area (Å²) in [4.78, 5) is 4.23. The molecule has 3 nitrogen and oxygen atoms in total. The van der Waals surface area contributed by atoms with Gasteiger partial charge in [-0.05, 0) is 31.5 Å². The third-order valence-electron chi connectivity index (χ3n) is 2.50. The Bertz CT molecular complexity index is 573. The number of nitrogens with two attached hydrogens (primary N) is 1. The summed E-state index contributed by atoms with van der Waals surface area (Å²) in [6.45, 7) is 1.94. The second kappa shape index (κ2) is 6.24. The summed E-state index contributed by atoms with van der Waals surface area (Å²) in [7, 11) is 0. The number of halogens is 2. The fourth-order valence-electron chi connectivity index (χ4n) is 1.67. The lowest BCUT2D eigenvalue weighted by Crippen LogP contribution is -2.18. The van der Waals surface area contributed by atoms with Gasteiger partial charge in [-0.1, -0.05) is 29.3 Å². The summed E-state index contributed by atoms with van der Waals surface area (Å²) in [5.41, 5.74) is 6.77. The molecule has 0 saturated carbocycles. The molecule has 5 heteroatoms. The molecule has 2 N–H and O–H groups in total. The van der Waals surface area contributed by atoms with E-state index in [-0.39, 0.29) is 6.04 Å². The zero-order valence-electron chi connectivity index (χ0n) is 10.4. The Morgan fingerprint density at radius 1 is 1.26 bits per heavy atom. The highest BCUT2D eigenvalue weighted by atomic mass is 35.5. The van der Waals surface area contributed by atoms with Crippen molar-refractivity contribution in [3.8, 4) is 11.6 Å². The van der Waals surface area contributed by atoms with Crippen molar-refractivity contribution in [2.24, 2.45) is 5.73 Å². The van der Waals surface area contributed by atoms with E-state index in [0.29, 0.717) is 28.1 Å². The fourth-order valence-corrected chi connectivity index (χ4v) is 1.96. The van der Waals surface area contributed by atoms with Crippen molar-refractivity contribution in [2.45, 2.75) is 19.4 Å². The maximum absolute atomic E-state index is 5.95. The number of nitrogens with zero attached hydrogens (tertiary/aromatic N) is 1. The quantitative estimate of drug-likeness (QED) is 0.925. The highest BCUT2D eigenvalue weighted by Gasteiger charge is 2.09. The molecule has 1 atom stereocenters. The van der Waals surface area contributed by atoms with Crippen LogP contribution in [-0.4, -0.2) is 11.0 Å². The molecule has 2 rings (SSSR count). The zero-order chi connectivity index (χ0) is 13.8. The van der Waals surface area contributed by atoms with E-state index in [2.05, 4.69) is 4.98 Å². The summed E-state index contributed by atoms with van der Waals surface area (Å²) < 4.78 is 5.74. The number of aromatic nitrogens is 1. The van der Waals surface area contributed by atoms with E-state index in [4.69, 9.17) is 33.7 Å². The van der Waals surface area contributed by atoms with Crippen LogP contribution < -0.4 is 10.5 Å². The average Bonchev–Trinajstić information content (AvgIpc) is 2.36. The van der Waals surface area contributed by atoms with Crippen molar-refractivity contribution >= 4 is 23.2 Å². The molecule has 0 amide bonds. The van der Waals surface area contributed by atoms with Gasteiger partial charge in [-0.15, -0.1) is 0 Å². The van der Waals surface area contributed by atoms with Crippen LogP contribution in [0.5, 0.6) is 11.6 Å². The molecule has 19 heavy (non-hydrogen) atoms. The number of hydrogen-bond donors (Lipinski definition) is 1. The molecule has 1 aromatic carbocycles. The predicted octanol–water partition coefficient (Wildman–Crippen LogP) is 4.07. The van der Waals surface area contributed by atoms with Crippen LogP contribution in [0.2, 0.25) is 10.0 Å². The van der Waals surface area contributed by atoms with Gasteiger partial charge in [-0.25, -0.2) is 4.98 Å². The largest absolute Gasteiger partial charge is 0.439 e. The molecule has 0 aliphatic heterocycles. The predicted molar refractivity (Wildman–Crippen MR) is 78.1 cm³/mol. The van der Waals surface area contributed by atoms with Crippen LogP contribution >= 0.6 is 23.2 Å². The first-order valence-electron chi connectivity index (χ1n) is 5.88. The van der Waals surface area contributed by atoms with Crippen molar-refractivity contribution in [2.75, 3.05) is 0 Å². The SMILES string of the molecule is CC(N)Cc1cccnc1Oc1ccc(Cl)c(Cl)c1. The highest BCUT2D eigenvalue weighted by Crippen LogP contribution is 2.30. The molecule has 0 spiro atoms. The van der Waals surface area contributed by atoms with Crippen LogP contribution in [0, 0.1) is 0 Å². The van der Waals surface area contributed by atoms with Gasteiger partial charge in [0.1, 0.15) is 5.75 Å². The van der Waals surface area contributed by atoms with Crippen LogP contribution in [-0.2, 0) is 6.42 Å². The van der Waals surface area contributed by atoms with Crippen molar-refractivity contribution in [3.63, 3.8) is 0 Å². The van der Waals surface area contributed by atoms with E-state index < -0.39 is 0 Å². The minimum absolute atomic E-state index is 0.0420. The van der Waals surface area contributed by atoms with Gasteiger partial charge in [0.15, 0.2) is 0 Å². The number of benzene rings is 1. The van der Waals surface area contributed by atoms with Gasteiger partial charge in [0.25, 0.3) is 0 Å². The first-order valence-corrected chi connectivity index (χ1v) is 6.64. The Morgan fingerprint density at radius 2 is 2.05 bits per heavy atom. The van der Waals surface area contributed by atoms with E-state index in [9.17, 15) is 0 Å². The third-order valence-corrected chi connectivity index (χ3v) is 3.24. The Hall–Kier alpha value is -1.29. The molecule has 1 heterocycles. The summed E-state index contributed by atoms with van der Waals surface area (Å²) >= 11 is 11.8. The van der Waals surface area contributed by atoms with Crippen molar-refractivity contribution < 1.29 is 4.74 Å². The molecule has 2 aromatic rings. The topological polar surface area (TPSA) is 48.1 Å². The fraction of sp³-hybridized carbons (Fsp3) is 0.214. The standard InChI is InChI=1S/C14H14Cl2N2O/c1-9(17)7-10-3-2-6-18-14(10)19-11-4-5-12(15)13(16)8-11/h2-6,8-9H,7,17H2,1H3. The molecule has 100 valence electrons. The lowest BCUT2D eigenvalue weighted by Gasteiger charge is -2.11. The van der Waals surface area contributed by atoms with Crippen LogP contribution in [0.25, 0.3) is 0 Å². The second-order valence-electron chi connectivity index (χ2n) is 4.33. The van der Waals surface area contributed by atoms with E-state index in [1.165, 1.54) is 0 Å². The second-order valence-corrected chi connectivity index (χ2v) is 5.14. The van der Waals surface area contributed by atoms with Crippen LogP contribution in [0.1, 0.15) is 12.5 Å². The highest BCUT2D eigenvalue weighted by molar-refractivity contribution is 6.42. The van der Waals surface area contributed by atoms with Crippen LogP contribution in [0.4, 0.5) is 0 Å². The van der Waals surface area contributed by atoms with E-state index in [0.717, 1.165) is 5.56 Å². The molecular weight excluding hydrogens is 283 g/mol. The maximum atomic E-state index is 5.95. The van der Waals surface area contributed by atoms with Crippen molar-refractivity contribution in [3.05, 3.63) is 52.1 Å².